The minimum Gasteiger partial charge on any atom is -0.342 e. The molecule has 0 aromatic carbocycles. The summed E-state index contributed by atoms with van der Waals surface area (Å²) in [7, 11) is 0. The zero-order valence-electron chi connectivity index (χ0n) is 15.1. The molecule has 6 heteroatoms. The summed E-state index contributed by atoms with van der Waals surface area (Å²) in [5.74, 6) is 1.81. The summed E-state index contributed by atoms with van der Waals surface area (Å²) in [5, 5.41) is 9.08. The number of amides is 1. The molecule has 24 heavy (non-hydrogen) atoms. The number of pyridine rings is 1. The van der Waals surface area contributed by atoms with Crippen LogP contribution < -0.4 is 0 Å². The Balaban J connectivity index is 1.95. The average Bonchev–Trinajstić information content (AvgIpc) is 2.95. The van der Waals surface area contributed by atoms with Crippen molar-refractivity contribution in [1.82, 2.24) is 19.5 Å². The summed E-state index contributed by atoms with van der Waals surface area (Å²) in [6.45, 7) is 10.5. The van der Waals surface area contributed by atoms with E-state index in [0.717, 1.165) is 36.7 Å². The Hall–Kier alpha value is -1.56. The molecule has 5 nitrogen and oxygen atoms in total. The van der Waals surface area contributed by atoms with Crippen LogP contribution in [0.3, 0.4) is 0 Å². The van der Waals surface area contributed by atoms with Crippen LogP contribution in [0.25, 0.3) is 5.65 Å². The quantitative estimate of drug-likeness (QED) is 0.648. The molecule has 1 amide bonds. The molecule has 2 rings (SSSR count). The SMILES string of the molecule is CC(C)CCN(CCC(C)C)C(=O)CSc1nnc2ccccn12. The monoisotopic (exact) mass is 348 g/mol. The van der Waals surface area contributed by atoms with E-state index in [2.05, 4.69) is 37.9 Å². The molecular weight excluding hydrogens is 320 g/mol. The lowest BCUT2D eigenvalue weighted by Crippen LogP contribution is -2.35. The lowest BCUT2D eigenvalue weighted by atomic mass is 10.1. The largest absolute Gasteiger partial charge is 0.342 e. The number of aromatic nitrogens is 3. The van der Waals surface area contributed by atoms with Crippen LogP contribution in [0.1, 0.15) is 40.5 Å². The van der Waals surface area contributed by atoms with Crippen molar-refractivity contribution < 1.29 is 4.79 Å². The molecule has 0 fully saturated rings. The van der Waals surface area contributed by atoms with Gasteiger partial charge in [-0.3, -0.25) is 9.20 Å². The fourth-order valence-electron chi connectivity index (χ4n) is 2.32. The van der Waals surface area contributed by atoms with Crippen molar-refractivity contribution in [2.45, 2.75) is 45.7 Å². The molecule has 0 aliphatic rings. The summed E-state index contributed by atoms with van der Waals surface area (Å²) in [5.41, 5.74) is 0.809. The Kier molecular flexibility index (Phi) is 7.09. The standard InChI is InChI=1S/C18H28N4OS/c1-14(2)8-11-21(12-9-15(3)4)17(23)13-24-18-20-19-16-7-5-6-10-22(16)18/h5-7,10,14-15H,8-9,11-13H2,1-4H3. The second-order valence-electron chi connectivity index (χ2n) is 6.95. The molecule has 0 atom stereocenters. The normalized spacial score (nSPS) is 11.6. The summed E-state index contributed by atoms with van der Waals surface area (Å²) in [6.07, 6.45) is 4.02. The molecule has 2 aromatic heterocycles. The smallest absolute Gasteiger partial charge is 0.233 e. The van der Waals surface area contributed by atoms with E-state index in [1.165, 1.54) is 11.8 Å². The van der Waals surface area contributed by atoms with Gasteiger partial charge in [0.15, 0.2) is 10.8 Å². The second-order valence-corrected chi connectivity index (χ2v) is 7.89. The van der Waals surface area contributed by atoms with E-state index in [9.17, 15) is 4.79 Å². The van der Waals surface area contributed by atoms with Crippen LogP contribution in [-0.2, 0) is 4.79 Å². The Morgan fingerprint density at radius 2 is 1.79 bits per heavy atom. The van der Waals surface area contributed by atoms with Gasteiger partial charge in [0, 0.05) is 19.3 Å². The zero-order chi connectivity index (χ0) is 17.5. The van der Waals surface area contributed by atoms with Gasteiger partial charge >= 0.3 is 0 Å². The first-order valence-corrected chi connectivity index (χ1v) is 9.66. The first kappa shape index (κ1) is 18.8. The number of carbonyl (C=O) groups is 1. The number of hydrogen-bond donors (Lipinski definition) is 0. The molecule has 0 aliphatic carbocycles. The molecule has 0 aliphatic heterocycles. The molecule has 0 N–H and O–H groups in total. The minimum atomic E-state index is 0.189. The van der Waals surface area contributed by atoms with E-state index >= 15 is 0 Å². The van der Waals surface area contributed by atoms with Crippen LogP contribution >= 0.6 is 11.8 Å². The predicted molar refractivity (Wildman–Crippen MR) is 99.2 cm³/mol. The van der Waals surface area contributed by atoms with Gasteiger partial charge < -0.3 is 4.90 Å². The maximum absolute atomic E-state index is 12.6. The fourth-order valence-corrected chi connectivity index (χ4v) is 3.15. The van der Waals surface area contributed by atoms with Crippen molar-refractivity contribution in [2.24, 2.45) is 11.8 Å². The number of hydrogen-bond acceptors (Lipinski definition) is 4. The van der Waals surface area contributed by atoms with E-state index in [-0.39, 0.29) is 5.91 Å². The first-order chi connectivity index (χ1) is 11.5. The van der Waals surface area contributed by atoms with Crippen LogP contribution in [0.15, 0.2) is 29.6 Å². The highest BCUT2D eigenvalue weighted by Crippen LogP contribution is 2.18. The number of nitrogens with zero attached hydrogens (tertiary/aromatic N) is 4. The molecule has 0 radical (unpaired) electrons. The van der Waals surface area contributed by atoms with Gasteiger partial charge in [-0.25, -0.2) is 0 Å². The van der Waals surface area contributed by atoms with E-state index in [4.69, 9.17) is 0 Å². The third-order valence-electron chi connectivity index (χ3n) is 3.91. The first-order valence-electron chi connectivity index (χ1n) is 8.67. The van der Waals surface area contributed by atoms with Gasteiger partial charge in [0.1, 0.15) is 0 Å². The topological polar surface area (TPSA) is 50.5 Å². The number of thioether (sulfide) groups is 1. The van der Waals surface area contributed by atoms with Gasteiger partial charge in [-0.15, -0.1) is 10.2 Å². The van der Waals surface area contributed by atoms with Gasteiger partial charge in [-0.05, 0) is 36.8 Å². The Morgan fingerprint density at radius 1 is 1.12 bits per heavy atom. The third kappa shape index (κ3) is 5.51. The van der Waals surface area contributed by atoms with Crippen molar-refractivity contribution in [3.63, 3.8) is 0 Å². The average molecular weight is 349 g/mol. The molecule has 0 bridgehead atoms. The number of carbonyl (C=O) groups excluding carboxylic acids is 1. The van der Waals surface area contributed by atoms with Gasteiger partial charge in [0.25, 0.3) is 0 Å². The highest BCUT2D eigenvalue weighted by atomic mass is 32.2. The van der Waals surface area contributed by atoms with Crippen molar-refractivity contribution in [1.29, 1.82) is 0 Å². The van der Waals surface area contributed by atoms with E-state index in [1.54, 1.807) is 0 Å². The summed E-state index contributed by atoms with van der Waals surface area (Å²) in [4.78, 5) is 14.7. The molecule has 0 unspecified atom stereocenters. The van der Waals surface area contributed by atoms with Crippen LogP contribution in [0.4, 0.5) is 0 Å². The van der Waals surface area contributed by atoms with Gasteiger partial charge in [0.2, 0.25) is 5.91 Å². The predicted octanol–water partition coefficient (Wildman–Crippen LogP) is 3.74. The van der Waals surface area contributed by atoms with E-state index in [0.29, 0.717) is 17.6 Å². The maximum Gasteiger partial charge on any atom is 0.233 e. The summed E-state index contributed by atoms with van der Waals surface area (Å²) >= 11 is 1.46. The fraction of sp³-hybridized carbons (Fsp3) is 0.611. The Morgan fingerprint density at radius 3 is 2.42 bits per heavy atom. The molecule has 0 saturated heterocycles. The lowest BCUT2D eigenvalue weighted by molar-refractivity contribution is -0.128. The molecule has 2 aromatic rings. The Bertz CT molecular complexity index is 641. The van der Waals surface area contributed by atoms with Crippen LogP contribution in [0.2, 0.25) is 0 Å². The second kappa shape index (κ2) is 9.06. The molecule has 0 spiro atoms. The zero-order valence-corrected chi connectivity index (χ0v) is 15.9. The van der Waals surface area contributed by atoms with Crippen molar-refractivity contribution in [3.8, 4) is 0 Å². The molecule has 0 saturated carbocycles. The van der Waals surface area contributed by atoms with E-state index < -0.39 is 0 Å². The summed E-state index contributed by atoms with van der Waals surface area (Å²) < 4.78 is 1.92. The van der Waals surface area contributed by atoms with Crippen molar-refractivity contribution in [3.05, 3.63) is 24.4 Å². The number of rotatable bonds is 9. The highest BCUT2D eigenvalue weighted by molar-refractivity contribution is 7.99. The summed E-state index contributed by atoms with van der Waals surface area (Å²) in [6, 6.07) is 5.79. The van der Waals surface area contributed by atoms with Crippen LogP contribution in [-0.4, -0.2) is 44.2 Å². The maximum atomic E-state index is 12.6. The van der Waals surface area contributed by atoms with Crippen LogP contribution in [0, 0.1) is 11.8 Å². The van der Waals surface area contributed by atoms with Crippen molar-refractivity contribution >= 4 is 23.3 Å². The van der Waals surface area contributed by atoms with Gasteiger partial charge in [-0.1, -0.05) is 45.5 Å². The van der Waals surface area contributed by atoms with Crippen LogP contribution in [0.5, 0.6) is 0 Å². The highest BCUT2D eigenvalue weighted by Gasteiger charge is 2.16. The Labute approximate surface area is 148 Å². The molecule has 2 heterocycles. The minimum absolute atomic E-state index is 0.189. The lowest BCUT2D eigenvalue weighted by Gasteiger charge is -2.24. The number of fused-ring (bicyclic) bond motifs is 1. The third-order valence-corrected chi connectivity index (χ3v) is 4.84. The van der Waals surface area contributed by atoms with Gasteiger partial charge in [-0.2, -0.15) is 0 Å². The van der Waals surface area contributed by atoms with Crippen molar-refractivity contribution in [2.75, 3.05) is 18.8 Å². The molecular formula is C18H28N4OS. The molecule has 132 valence electrons. The van der Waals surface area contributed by atoms with Gasteiger partial charge in [0.05, 0.1) is 5.75 Å². The van der Waals surface area contributed by atoms with E-state index in [1.807, 2.05) is 33.7 Å².